The summed E-state index contributed by atoms with van der Waals surface area (Å²) in [6, 6.07) is 40.0. The maximum absolute atomic E-state index is 8.64. The molecule has 1 N–H and O–H groups in total. The number of aromatic nitrogens is 6. The zero-order chi connectivity index (χ0) is 45.3. The highest BCUT2D eigenvalue weighted by atomic mass is 15.0. The summed E-state index contributed by atoms with van der Waals surface area (Å²) in [6.45, 7) is 12.5. The van der Waals surface area contributed by atoms with Gasteiger partial charge in [0, 0.05) is 51.2 Å². The average molecular weight is 861 g/mol. The van der Waals surface area contributed by atoms with Gasteiger partial charge < -0.3 is 5.41 Å². The van der Waals surface area contributed by atoms with Crippen LogP contribution in [0.15, 0.2) is 199 Å². The van der Waals surface area contributed by atoms with E-state index in [4.69, 9.17) is 35.3 Å². The third kappa shape index (κ3) is 7.76. The number of benzene rings is 4. The monoisotopic (exact) mass is 860 g/mol. The number of nitrogens with zero attached hydrogens (tertiary/aromatic N) is 7. The Bertz CT molecular complexity index is 2880. The molecule has 2 heterocycles. The van der Waals surface area contributed by atoms with Gasteiger partial charge in [0.15, 0.2) is 34.9 Å². The van der Waals surface area contributed by atoms with E-state index < -0.39 is 0 Å². The Hall–Kier alpha value is -7.58. The van der Waals surface area contributed by atoms with E-state index in [0.29, 0.717) is 64.2 Å². The molecule has 6 aromatic rings. The fraction of sp³-hybridized carbons (Fsp3) is 0.207. The highest BCUT2D eigenvalue weighted by Gasteiger charge is 2.75. The first-order chi connectivity index (χ1) is 32.3. The van der Waals surface area contributed by atoms with Gasteiger partial charge in [0.05, 0.1) is 0 Å². The van der Waals surface area contributed by atoms with Crippen LogP contribution in [-0.2, 0) is 0 Å². The van der Waals surface area contributed by atoms with Crippen LogP contribution >= 0.6 is 0 Å². The summed E-state index contributed by atoms with van der Waals surface area (Å²) in [5.41, 5.74) is 7.77. The molecule has 66 heavy (non-hydrogen) atoms. The molecule has 324 valence electrons. The normalized spacial score (nSPS) is 24.8. The number of rotatable bonds is 15. The van der Waals surface area contributed by atoms with Crippen molar-refractivity contribution in [3.05, 3.63) is 206 Å². The van der Waals surface area contributed by atoms with Crippen LogP contribution < -0.4 is 0 Å². The lowest BCUT2D eigenvalue weighted by molar-refractivity contribution is -0.284. The van der Waals surface area contributed by atoms with Gasteiger partial charge in [-0.1, -0.05) is 189 Å². The molecule has 8 nitrogen and oxygen atoms in total. The minimum Gasteiger partial charge on any atom is -0.308 e. The van der Waals surface area contributed by atoms with Crippen LogP contribution in [0.25, 0.3) is 56.7 Å². The Kier molecular flexibility index (Phi) is 11.4. The highest BCUT2D eigenvalue weighted by Crippen LogP contribution is 2.82. The number of nitrogens with one attached hydrogen (secondary N) is 1. The van der Waals surface area contributed by atoms with Gasteiger partial charge in [-0.2, -0.15) is 0 Å². The molecule has 3 fully saturated rings. The van der Waals surface area contributed by atoms with Gasteiger partial charge in [-0.05, 0) is 73.5 Å². The summed E-state index contributed by atoms with van der Waals surface area (Å²) in [5.74, 6) is 5.73. The predicted octanol–water partition coefficient (Wildman–Crippen LogP) is 13.0. The van der Waals surface area contributed by atoms with Crippen LogP contribution in [0.2, 0.25) is 0 Å². The van der Waals surface area contributed by atoms with Crippen LogP contribution in [-0.4, -0.2) is 42.8 Å². The first kappa shape index (κ1) is 42.4. The zero-order valence-corrected chi connectivity index (χ0v) is 37.4. The van der Waals surface area contributed by atoms with E-state index in [0.717, 1.165) is 27.8 Å². The summed E-state index contributed by atoms with van der Waals surface area (Å²) in [6.07, 6.45) is 24.6. The van der Waals surface area contributed by atoms with Crippen molar-refractivity contribution in [3.8, 4) is 45.6 Å². The average Bonchev–Trinajstić information content (AvgIpc) is 3.74. The van der Waals surface area contributed by atoms with Gasteiger partial charge in [-0.3, -0.25) is 4.99 Å². The third-order valence-corrected chi connectivity index (χ3v) is 14.3. The standard InChI is InChI=1S/C58H52N8/c1-5-18-48(38(2)31-45(36-59)56-65-53(41-23-14-8-15-24-41)62-54(66-56)42-25-16-9-17-26-42)50-34-47-32-46-33-49(58(46,47)50)43-27-29-57(3,35-43)30-28-44(37-60-4)55-63-51(39-19-10-6-11-20-39)61-52(64-55)40-21-12-7-13-22-40/h5-31,35-38,46-47,49-50,59H,1,4,32-34H2,2-3H3/b30-28-,44-37+,45-31+,48-18+,59-36?. The fourth-order valence-corrected chi connectivity index (χ4v) is 11.2. The van der Waals surface area contributed by atoms with Crippen LogP contribution in [0.5, 0.6) is 0 Å². The minimum absolute atomic E-state index is 0.0322. The summed E-state index contributed by atoms with van der Waals surface area (Å²) < 4.78 is 0. The largest absolute Gasteiger partial charge is 0.308 e. The number of hydrogen-bond donors (Lipinski definition) is 1. The fourth-order valence-electron chi connectivity index (χ4n) is 11.2. The summed E-state index contributed by atoms with van der Waals surface area (Å²) in [4.78, 5) is 33.8. The van der Waals surface area contributed by atoms with Crippen LogP contribution in [0, 0.1) is 45.8 Å². The van der Waals surface area contributed by atoms with Gasteiger partial charge in [0.2, 0.25) is 0 Å². The van der Waals surface area contributed by atoms with Gasteiger partial charge in [0.1, 0.15) is 0 Å². The second kappa shape index (κ2) is 17.8. The van der Waals surface area contributed by atoms with E-state index >= 15 is 0 Å². The van der Waals surface area contributed by atoms with E-state index in [-0.39, 0.29) is 16.7 Å². The first-order valence-corrected chi connectivity index (χ1v) is 22.9. The van der Waals surface area contributed by atoms with E-state index in [1.165, 1.54) is 36.6 Å². The molecular weight excluding hydrogens is 809 g/mol. The van der Waals surface area contributed by atoms with E-state index in [9.17, 15) is 0 Å². The van der Waals surface area contributed by atoms with Crippen molar-refractivity contribution in [2.75, 3.05) is 0 Å². The molecular formula is C58H52N8. The van der Waals surface area contributed by atoms with Crippen molar-refractivity contribution in [1.82, 2.24) is 29.9 Å². The zero-order valence-electron chi connectivity index (χ0n) is 37.4. The SMILES string of the molecule is C=C/C=C(\C(C)/C=C(\C=N)c1nc(-c2ccccc2)nc(-c2ccccc2)n1)C1CC2CC3CC(C4=CC(C)(/C=C\C(=C/N=C)c5nc(-c6ccccc6)nc(-c6ccccc6)n5)C=C4)C321. The molecule has 0 bridgehead atoms. The number of allylic oxidation sites excluding steroid dienone is 12. The molecule has 7 unspecified atom stereocenters. The lowest BCUT2D eigenvalue weighted by Crippen LogP contribution is -2.73. The second-order valence-corrected chi connectivity index (χ2v) is 18.2. The van der Waals surface area contributed by atoms with Crippen molar-refractivity contribution in [2.24, 2.45) is 45.4 Å². The Morgan fingerprint density at radius 3 is 1.61 bits per heavy atom. The molecule has 4 aliphatic carbocycles. The first-order valence-electron chi connectivity index (χ1n) is 22.9. The molecule has 4 aliphatic rings. The van der Waals surface area contributed by atoms with Crippen molar-refractivity contribution in [1.29, 1.82) is 5.41 Å². The summed E-state index contributed by atoms with van der Waals surface area (Å²) >= 11 is 0. The molecule has 0 radical (unpaired) electrons. The van der Waals surface area contributed by atoms with E-state index in [1.807, 2.05) is 127 Å². The third-order valence-electron chi connectivity index (χ3n) is 14.3. The van der Waals surface area contributed by atoms with Gasteiger partial charge in [-0.15, -0.1) is 0 Å². The predicted molar refractivity (Wildman–Crippen MR) is 268 cm³/mol. The summed E-state index contributed by atoms with van der Waals surface area (Å²) in [7, 11) is 0. The van der Waals surface area contributed by atoms with Gasteiger partial charge >= 0.3 is 0 Å². The lowest BCUT2D eigenvalue weighted by atomic mass is 9.24. The molecule has 0 amide bonds. The number of aliphatic imine (C=N–C) groups is 1. The highest BCUT2D eigenvalue weighted by molar-refractivity contribution is 6.07. The van der Waals surface area contributed by atoms with Crippen molar-refractivity contribution in [3.63, 3.8) is 0 Å². The van der Waals surface area contributed by atoms with Crippen LogP contribution in [0.1, 0.15) is 44.8 Å². The van der Waals surface area contributed by atoms with E-state index in [1.54, 1.807) is 6.20 Å². The van der Waals surface area contributed by atoms with Crippen LogP contribution in [0.4, 0.5) is 0 Å². The summed E-state index contributed by atoms with van der Waals surface area (Å²) in [5, 5.41) is 8.64. The van der Waals surface area contributed by atoms with Gasteiger partial charge in [-0.25, -0.2) is 29.9 Å². The smallest absolute Gasteiger partial charge is 0.165 e. The number of hydrogen-bond acceptors (Lipinski definition) is 8. The van der Waals surface area contributed by atoms with Crippen molar-refractivity contribution >= 4 is 24.1 Å². The Balaban J connectivity index is 0.926. The quantitative estimate of drug-likeness (QED) is 0.0812. The Morgan fingerprint density at radius 1 is 0.682 bits per heavy atom. The topological polar surface area (TPSA) is 114 Å². The molecule has 8 heteroatoms. The van der Waals surface area contributed by atoms with Crippen molar-refractivity contribution < 1.29 is 0 Å². The van der Waals surface area contributed by atoms with Crippen molar-refractivity contribution in [2.45, 2.75) is 33.1 Å². The van der Waals surface area contributed by atoms with Gasteiger partial charge in [0.25, 0.3) is 0 Å². The molecule has 4 aromatic carbocycles. The maximum Gasteiger partial charge on any atom is 0.165 e. The molecule has 0 aliphatic heterocycles. The lowest BCUT2D eigenvalue weighted by Gasteiger charge is -2.79. The van der Waals surface area contributed by atoms with Crippen LogP contribution in [0.3, 0.4) is 0 Å². The molecule has 0 saturated heterocycles. The molecule has 2 aromatic heterocycles. The Labute approximate surface area is 387 Å². The van der Waals surface area contributed by atoms with E-state index in [2.05, 4.69) is 74.7 Å². The minimum atomic E-state index is -0.316. The molecule has 7 atom stereocenters. The maximum atomic E-state index is 8.64. The Morgan fingerprint density at radius 2 is 1.17 bits per heavy atom. The molecule has 10 rings (SSSR count). The molecule has 3 saturated carbocycles. The molecule has 1 spiro atoms. The second-order valence-electron chi connectivity index (χ2n) is 18.2.